The van der Waals surface area contributed by atoms with Crippen LogP contribution in [0.25, 0.3) is 5.69 Å². The third kappa shape index (κ3) is 2.03. The van der Waals surface area contributed by atoms with Gasteiger partial charge in [0.1, 0.15) is 0 Å². The number of para-hydroxylation sites is 1. The van der Waals surface area contributed by atoms with Crippen LogP contribution in [-0.4, -0.2) is 21.5 Å². The van der Waals surface area contributed by atoms with Crippen molar-refractivity contribution in [2.24, 2.45) is 0 Å². The first kappa shape index (κ1) is 11.7. The summed E-state index contributed by atoms with van der Waals surface area (Å²) in [6.45, 7) is 3.80. The average molecular weight is 232 g/mol. The van der Waals surface area contributed by atoms with Gasteiger partial charge in [-0.3, -0.25) is 9.89 Å². The molecule has 0 unspecified atom stereocenters. The summed E-state index contributed by atoms with van der Waals surface area (Å²) in [5, 5.41) is 12.0. The van der Waals surface area contributed by atoms with Crippen molar-refractivity contribution in [2.75, 3.05) is 6.61 Å². The molecule has 1 aromatic heterocycles. The quantitative estimate of drug-likeness (QED) is 0.838. The fraction of sp³-hybridized carbons (Fsp3) is 0.308. The molecular formula is C13H16N2O2. The van der Waals surface area contributed by atoms with Gasteiger partial charge in [-0.05, 0) is 25.5 Å². The van der Waals surface area contributed by atoms with Crippen LogP contribution in [0.3, 0.4) is 0 Å². The molecule has 0 aliphatic carbocycles. The van der Waals surface area contributed by atoms with Crippen molar-refractivity contribution in [3.8, 4) is 5.69 Å². The molecule has 0 radical (unpaired) electrons. The Morgan fingerprint density at radius 3 is 2.65 bits per heavy atom. The van der Waals surface area contributed by atoms with Gasteiger partial charge in [0.15, 0.2) is 0 Å². The van der Waals surface area contributed by atoms with Gasteiger partial charge in [-0.2, -0.15) is 0 Å². The van der Waals surface area contributed by atoms with Gasteiger partial charge in [0, 0.05) is 24.3 Å². The Hall–Kier alpha value is -1.81. The summed E-state index contributed by atoms with van der Waals surface area (Å²) in [7, 11) is 0. The standard InChI is InChI=1S/C13H16N2O2/c1-9-5-3-4-6-12(9)15-13(17)11(7-8-16)10(2)14-15/h3-6,14,16H,7-8H2,1-2H3. The molecule has 0 aliphatic heterocycles. The van der Waals surface area contributed by atoms with Crippen LogP contribution in [-0.2, 0) is 6.42 Å². The lowest BCUT2D eigenvalue weighted by atomic mass is 10.2. The molecule has 0 saturated carbocycles. The SMILES string of the molecule is Cc1ccccc1-n1[nH]c(C)c(CCO)c1=O. The van der Waals surface area contributed by atoms with Crippen molar-refractivity contribution < 1.29 is 5.11 Å². The maximum absolute atomic E-state index is 12.2. The Labute approximate surface area is 99.5 Å². The third-order valence-corrected chi connectivity index (χ3v) is 2.91. The number of nitrogens with one attached hydrogen (secondary N) is 1. The van der Waals surface area contributed by atoms with E-state index in [4.69, 9.17) is 5.11 Å². The average Bonchev–Trinajstić information content (AvgIpc) is 2.58. The fourth-order valence-electron chi connectivity index (χ4n) is 1.97. The lowest BCUT2D eigenvalue weighted by molar-refractivity contribution is 0.299. The zero-order valence-corrected chi connectivity index (χ0v) is 10.0. The minimum atomic E-state index is -0.0779. The molecule has 17 heavy (non-hydrogen) atoms. The molecule has 0 saturated heterocycles. The highest BCUT2D eigenvalue weighted by molar-refractivity contribution is 5.40. The maximum Gasteiger partial charge on any atom is 0.274 e. The second kappa shape index (κ2) is 4.59. The molecule has 0 aliphatic rings. The van der Waals surface area contributed by atoms with E-state index in [2.05, 4.69) is 5.10 Å². The molecule has 0 amide bonds. The van der Waals surface area contributed by atoms with Crippen molar-refractivity contribution in [2.45, 2.75) is 20.3 Å². The molecule has 4 nitrogen and oxygen atoms in total. The zero-order chi connectivity index (χ0) is 12.4. The predicted octanol–water partition coefficient (Wildman–Crippen LogP) is 1.32. The van der Waals surface area contributed by atoms with E-state index in [0.29, 0.717) is 12.0 Å². The molecule has 2 rings (SSSR count). The predicted molar refractivity (Wildman–Crippen MR) is 66.7 cm³/mol. The molecule has 1 heterocycles. The van der Waals surface area contributed by atoms with E-state index in [-0.39, 0.29) is 12.2 Å². The molecule has 90 valence electrons. The lowest BCUT2D eigenvalue weighted by Gasteiger charge is -2.04. The van der Waals surface area contributed by atoms with Crippen LogP contribution in [0.4, 0.5) is 0 Å². The number of hydrogen-bond acceptors (Lipinski definition) is 2. The van der Waals surface area contributed by atoms with Crippen molar-refractivity contribution in [3.63, 3.8) is 0 Å². The number of aromatic amines is 1. The van der Waals surface area contributed by atoms with Crippen LogP contribution in [0.15, 0.2) is 29.1 Å². The Morgan fingerprint density at radius 1 is 1.29 bits per heavy atom. The molecule has 4 heteroatoms. The van der Waals surface area contributed by atoms with E-state index in [1.165, 1.54) is 4.68 Å². The summed E-state index contributed by atoms with van der Waals surface area (Å²) < 4.78 is 1.54. The van der Waals surface area contributed by atoms with Gasteiger partial charge < -0.3 is 5.11 Å². The van der Waals surface area contributed by atoms with Crippen LogP contribution in [0, 0.1) is 13.8 Å². The molecule has 0 atom stereocenters. The minimum absolute atomic E-state index is 0.0122. The van der Waals surface area contributed by atoms with Crippen LogP contribution in [0.2, 0.25) is 0 Å². The second-order valence-electron chi connectivity index (χ2n) is 4.12. The number of aliphatic hydroxyl groups is 1. The van der Waals surface area contributed by atoms with E-state index in [9.17, 15) is 4.79 Å². The van der Waals surface area contributed by atoms with E-state index in [0.717, 1.165) is 16.9 Å². The van der Waals surface area contributed by atoms with Gasteiger partial charge in [-0.1, -0.05) is 18.2 Å². The molecule has 2 N–H and O–H groups in total. The summed E-state index contributed by atoms with van der Waals surface area (Å²) >= 11 is 0. The summed E-state index contributed by atoms with van der Waals surface area (Å²) in [6, 6.07) is 7.70. The van der Waals surface area contributed by atoms with Gasteiger partial charge in [0.05, 0.1) is 5.69 Å². The van der Waals surface area contributed by atoms with Crippen LogP contribution in [0.5, 0.6) is 0 Å². The molecule has 1 aromatic carbocycles. The summed E-state index contributed by atoms with van der Waals surface area (Å²) in [6.07, 6.45) is 0.389. The van der Waals surface area contributed by atoms with Crippen LogP contribution < -0.4 is 5.56 Å². The first-order chi connectivity index (χ1) is 8.15. The van der Waals surface area contributed by atoms with E-state index in [1.54, 1.807) is 0 Å². The summed E-state index contributed by atoms with van der Waals surface area (Å²) in [5.41, 5.74) is 3.27. The number of hydrogen-bond donors (Lipinski definition) is 2. The number of aliphatic hydroxyl groups excluding tert-OH is 1. The Bertz CT molecular complexity index is 581. The van der Waals surface area contributed by atoms with Gasteiger partial charge in [-0.15, -0.1) is 0 Å². The fourth-order valence-corrected chi connectivity index (χ4v) is 1.97. The highest BCUT2D eigenvalue weighted by Crippen LogP contribution is 2.12. The Kier molecular flexibility index (Phi) is 3.15. The molecule has 2 aromatic rings. The van der Waals surface area contributed by atoms with Crippen molar-refractivity contribution >= 4 is 0 Å². The molecule has 0 bridgehead atoms. The zero-order valence-electron chi connectivity index (χ0n) is 10.0. The molecule has 0 fully saturated rings. The smallest absolute Gasteiger partial charge is 0.274 e. The number of benzene rings is 1. The normalized spacial score (nSPS) is 10.8. The van der Waals surface area contributed by atoms with E-state index >= 15 is 0 Å². The molecular weight excluding hydrogens is 216 g/mol. The number of aryl methyl sites for hydroxylation is 2. The number of rotatable bonds is 3. The highest BCUT2D eigenvalue weighted by Gasteiger charge is 2.12. The van der Waals surface area contributed by atoms with Crippen molar-refractivity contribution in [1.82, 2.24) is 9.78 Å². The Balaban J connectivity index is 2.58. The topological polar surface area (TPSA) is 58.0 Å². The maximum atomic E-state index is 12.2. The largest absolute Gasteiger partial charge is 0.396 e. The number of aromatic nitrogens is 2. The first-order valence-electron chi connectivity index (χ1n) is 5.62. The van der Waals surface area contributed by atoms with E-state index in [1.807, 2.05) is 38.1 Å². The van der Waals surface area contributed by atoms with Crippen molar-refractivity contribution in [1.29, 1.82) is 0 Å². The summed E-state index contributed by atoms with van der Waals surface area (Å²) in [4.78, 5) is 12.2. The van der Waals surface area contributed by atoms with E-state index < -0.39 is 0 Å². The summed E-state index contributed by atoms with van der Waals surface area (Å²) in [5.74, 6) is 0. The van der Waals surface area contributed by atoms with Gasteiger partial charge in [0.2, 0.25) is 0 Å². The van der Waals surface area contributed by atoms with Gasteiger partial charge >= 0.3 is 0 Å². The van der Waals surface area contributed by atoms with Gasteiger partial charge in [0.25, 0.3) is 5.56 Å². The van der Waals surface area contributed by atoms with Gasteiger partial charge in [-0.25, -0.2) is 4.68 Å². The Morgan fingerprint density at radius 2 is 2.00 bits per heavy atom. The highest BCUT2D eigenvalue weighted by atomic mass is 16.3. The van der Waals surface area contributed by atoms with Crippen molar-refractivity contribution in [3.05, 3.63) is 51.4 Å². The number of nitrogens with zero attached hydrogens (tertiary/aromatic N) is 1. The molecule has 0 spiro atoms. The first-order valence-corrected chi connectivity index (χ1v) is 5.62. The minimum Gasteiger partial charge on any atom is -0.396 e. The second-order valence-corrected chi connectivity index (χ2v) is 4.12. The van der Waals surface area contributed by atoms with Crippen LogP contribution in [0.1, 0.15) is 16.8 Å². The van der Waals surface area contributed by atoms with Crippen LogP contribution >= 0.6 is 0 Å². The number of H-pyrrole nitrogens is 1. The monoisotopic (exact) mass is 232 g/mol. The lowest BCUT2D eigenvalue weighted by Crippen LogP contribution is -2.18. The third-order valence-electron chi connectivity index (χ3n) is 2.91.